The minimum absolute atomic E-state index is 0.0889. The molecule has 4 rings (SSSR count). The van der Waals surface area contributed by atoms with Gasteiger partial charge in [-0.2, -0.15) is 0 Å². The molecule has 0 aliphatic heterocycles. The van der Waals surface area contributed by atoms with Gasteiger partial charge in [-0.3, -0.25) is 4.79 Å². The predicted octanol–water partition coefficient (Wildman–Crippen LogP) is 3.21. The highest BCUT2D eigenvalue weighted by atomic mass is 32.1. The van der Waals surface area contributed by atoms with Crippen molar-refractivity contribution in [2.45, 2.75) is 38.3 Å². The minimum Gasteiger partial charge on any atom is -0.489 e. The molecular weight excluding hydrogens is 444 g/mol. The quantitative estimate of drug-likeness (QED) is 0.397. The van der Waals surface area contributed by atoms with E-state index in [0.717, 1.165) is 31.2 Å². The summed E-state index contributed by atoms with van der Waals surface area (Å²) in [6.45, 7) is 0.111. The Hall–Kier alpha value is -3.37. The Balaban J connectivity index is 1.45. The highest BCUT2D eigenvalue weighted by molar-refractivity contribution is 7.17. The number of anilines is 1. The van der Waals surface area contributed by atoms with Crippen LogP contribution in [0.3, 0.4) is 0 Å². The molecule has 0 radical (unpaired) electrons. The van der Waals surface area contributed by atoms with Gasteiger partial charge < -0.3 is 30.9 Å². The number of aliphatic hydroxyl groups excluding tert-OH is 1. The molecule has 33 heavy (non-hydrogen) atoms. The van der Waals surface area contributed by atoms with Crippen LogP contribution in [0, 0.1) is 0 Å². The lowest BCUT2D eigenvalue weighted by Crippen LogP contribution is -2.32. The van der Waals surface area contributed by atoms with Crippen LogP contribution in [0.15, 0.2) is 35.8 Å². The number of fused-ring (bicyclic) bond motifs is 1. The van der Waals surface area contributed by atoms with Crippen molar-refractivity contribution in [3.8, 4) is 11.5 Å². The van der Waals surface area contributed by atoms with Gasteiger partial charge in [0.15, 0.2) is 5.75 Å². The number of amides is 2. The van der Waals surface area contributed by atoms with Crippen LogP contribution in [0.2, 0.25) is 0 Å². The molecule has 1 saturated carbocycles. The van der Waals surface area contributed by atoms with Crippen LogP contribution in [0.1, 0.15) is 41.6 Å². The van der Waals surface area contributed by atoms with Crippen molar-refractivity contribution in [1.29, 1.82) is 0 Å². The topological polar surface area (TPSA) is 136 Å². The van der Waals surface area contributed by atoms with Crippen molar-refractivity contribution in [3.05, 3.63) is 47.0 Å². The average molecular weight is 471 g/mol. The molecular formula is C23H26N4O5S. The third-order valence-corrected chi connectivity index (χ3v) is 6.48. The largest absolute Gasteiger partial charge is 0.489 e. The van der Waals surface area contributed by atoms with Gasteiger partial charge in [-0.15, -0.1) is 11.3 Å². The first-order valence-electron chi connectivity index (χ1n) is 10.8. The minimum atomic E-state index is -0.684. The van der Waals surface area contributed by atoms with E-state index >= 15 is 0 Å². The number of pyridine rings is 1. The molecule has 2 aromatic heterocycles. The number of aromatic nitrogens is 1. The Morgan fingerprint density at radius 1 is 1.27 bits per heavy atom. The fourth-order valence-corrected chi connectivity index (χ4v) is 4.82. The Kier molecular flexibility index (Phi) is 7.26. The molecule has 5 N–H and O–H groups in total. The SMILES string of the molecule is Nc1ncc(OC(=O)NCCO)c2scc(COc3cccc(C(=O)NC4CCCC4)c3)c12. The van der Waals surface area contributed by atoms with Gasteiger partial charge in [0, 0.05) is 29.1 Å². The lowest BCUT2D eigenvalue weighted by molar-refractivity contribution is 0.0937. The molecule has 9 nitrogen and oxygen atoms in total. The summed E-state index contributed by atoms with van der Waals surface area (Å²) in [5, 5.41) is 16.9. The van der Waals surface area contributed by atoms with Crippen LogP contribution in [0.5, 0.6) is 11.5 Å². The molecule has 1 aliphatic carbocycles. The van der Waals surface area contributed by atoms with Crippen LogP contribution >= 0.6 is 11.3 Å². The summed E-state index contributed by atoms with van der Waals surface area (Å²) in [6, 6.07) is 7.32. The fourth-order valence-electron chi connectivity index (χ4n) is 3.81. The maximum absolute atomic E-state index is 12.5. The fraction of sp³-hybridized carbons (Fsp3) is 0.348. The van der Waals surface area contributed by atoms with E-state index < -0.39 is 6.09 Å². The third-order valence-electron chi connectivity index (χ3n) is 5.43. The number of rotatable bonds is 8. The first-order chi connectivity index (χ1) is 16.0. The maximum Gasteiger partial charge on any atom is 0.412 e. The van der Waals surface area contributed by atoms with E-state index in [4.69, 9.17) is 20.3 Å². The number of hydrogen-bond acceptors (Lipinski definition) is 8. The molecule has 10 heteroatoms. The van der Waals surface area contributed by atoms with Crippen molar-refractivity contribution in [2.24, 2.45) is 0 Å². The van der Waals surface area contributed by atoms with Crippen molar-refractivity contribution in [1.82, 2.24) is 15.6 Å². The smallest absolute Gasteiger partial charge is 0.412 e. The molecule has 0 saturated heterocycles. The number of nitrogens with zero attached hydrogens (tertiary/aromatic N) is 1. The summed E-state index contributed by atoms with van der Waals surface area (Å²) in [6.07, 6.45) is 5.07. The zero-order valence-electron chi connectivity index (χ0n) is 18.0. The molecule has 2 amide bonds. The molecule has 174 valence electrons. The number of hydrogen-bond donors (Lipinski definition) is 4. The van der Waals surface area contributed by atoms with E-state index in [-0.39, 0.29) is 37.5 Å². The second-order valence-electron chi connectivity index (χ2n) is 7.78. The normalized spacial score (nSPS) is 13.7. The van der Waals surface area contributed by atoms with E-state index in [1.54, 1.807) is 24.3 Å². The maximum atomic E-state index is 12.5. The first-order valence-corrected chi connectivity index (χ1v) is 11.7. The summed E-state index contributed by atoms with van der Waals surface area (Å²) in [4.78, 5) is 28.5. The van der Waals surface area contributed by atoms with E-state index in [9.17, 15) is 9.59 Å². The number of nitrogens with two attached hydrogens (primary N) is 1. The summed E-state index contributed by atoms with van der Waals surface area (Å²) in [5.74, 6) is 1.05. The van der Waals surface area contributed by atoms with Crippen LogP contribution in [0.4, 0.5) is 10.6 Å². The molecule has 0 bridgehead atoms. The van der Waals surface area contributed by atoms with E-state index in [2.05, 4.69) is 15.6 Å². The molecule has 1 aliphatic rings. The number of aliphatic hydroxyl groups is 1. The van der Waals surface area contributed by atoms with Crippen LogP contribution in [0.25, 0.3) is 10.1 Å². The second kappa shape index (κ2) is 10.5. The number of benzene rings is 1. The molecule has 0 atom stereocenters. The summed E-state index contributed by atoms with van der Waals surface area (Å²) < 4.78 is 11.9. The Labute approximate surface area is 194 Å². The number of carbonyl (C=O) groups is 2. The lowest BCUT2D eigenvalue weighted by atomic mass is 10.1. The van der Waals surface area contributed by atoms with Gasteiger partial charge in [0.2, 0.25) is 0 Å². The molecule has 3 aromatic rings. The lowest BCUT2D eigenvalue weighted by Gasteiger charge is -2.13. The highest BCUT2D eigenvalue weighted by Gasteiger charge is 2.19. The standard InChI is InChI=1S/C23H26N4O5S/c24-21-19-15(13-33-20(19)18(11-26-21)32-23(30)25-8-9-28)12-31-17-7-3-4-14(10-17)22(29)27-16-5-1-2-6-16/h3-4,7,10-11,13,16,28H,1-2,5-6,8-9,12H2,(H2,24,26)(H,25,30)(H,27,29). The molecule has 1 fully saturated rings. The number of nitrogens with one attached hydrogen (secondary N) is 2. The van der Waals surface area contributed by atoms with Crippen molar-refractivity contribution < 1.29 is 24.2 Å². The van der Waals surface area contributed by atoms with Gasteiger partial charge in [-0.25, -0.2) is 9.78 Å². The van der Waals surface area contributed by atoms with Gasteiger partial charge in [-0.1, -0.05) is 18.9 Å². The van der Waals surface area contributed by atoms with Crippen LogP contribution in [-0.4, -0.2) is 41.3 Å². The molecule has 0 spiro atoms. The monoisotopic (exact) mass is 470 g/mol. The summed E-state index contributed by atoms with van der Waals surface area (Å²) >= 11 is 1.36. The van der Waals surface area contributed by atoms with Crippen molar-refractivity contribution >= 4 is 39.2 Å². The van der Waals surface area contributed by atoms with Gasteiger partial charge >= 0.3 is 6.09 Å². The van der Waals surface area contributed by atoms with Crippen molar-refractivity contribution in [2.75, 3.05) is 18.9 Å². The molecule has 1 aromatic carbocycles. The molecule has 0 unspecified atom stereocenters. The van der Waals surface area contributed by atoms with Gasteiger partial charge in [0.25, 0.3) is 5.91 Å². The van der Waals surface area contributed by atoms with Crippen LogP contribution < -0.4 is 25.8 Å². The first kappa shape index (κ1) is 22.8. The number of carbonyl (C=O) groups excluding carboxylic acids is 2. The Morgan fingerprint density at radius 2 is 2.09 bits per heavy atom. The Bertz CT molecular complexity index is 1140. The van der Waals surface area contributed by atoms with E-state index in [0.29, 0.717) is 27.2 Å². The summed E-state index contributed by atoms with van der Waals surface area (Å²) in [5.41, 5.74) is 7.44. The van der Waals surface area contributed by atoms with E-state index in [1.807, 2.05) is 5.38 Å². The number of thiophene rings is 1. The second-order valence-corrected chi connectivity index (χ2v) is 8.66. The van der Waals surface area contributed by atoms with Gasteiger partial charge in [0.1, 0.15) is 18.2 Å². The average Bonchev–Trinajstić information content (AvgIpc) is 3.49. The highest BCUT2D eigenvalue weighted by Crippen LogP contribution is 2.37. The zero-order chi connectivity index (χ0) is 23.2. The van der Waals surface area contributed by atoms with Gasteiger partial charge in [-0.05, 0) is 36.4 Å². The number of ether oxygens (including phenoxy) is 2. The van der Waals surface area contributed by atoms with E-state index in [1.165, 1.54) is 17.5 Å². The Morgan fingerprint density at radius 3 is 2.88 bits per heavy atom. The third kappa shape index (κ3) is 5.52. The van der Waals surface area contributed by atoms with Gasteiger partial charge in [0.05, 0.1) is 17.5 Å². The predicted molar refractivity (Wildman–Crippen MR) is 126 cm³/mol. The van der Waals surface area contributed by atoms with Crippen LogP contribution in [-0.2, 0) is 6.61 Å². The zero-order valence-corrected chi connectivity index (χ0v) is 18.8. The molecule has 2 heterocycles. The van der Waals surface area contributed by atoms with Crippen molar-refractivity contribution in [3.63, 3.8) is 0 Å². The number of nitrogen functional groups attached to an aromatic ring is 1. The summed E-state index contributed by atoms with van der Waals surface area (Å²) in [7, 11) is 0.